The summed E-state index contributed by atoms with van der Waals surface area (Å²) in [6.45, 7) is 0. The number of rotatable bonds is 8. The van der Waals surface area contributed by atoms with Gasteiger partial charge < -0.3 is 9.80 Å². The summed E-state index contributed by atoms with van der Waals surface area (Å²) in [6.07, 6.45) is 0. The lowest BCUT2D eigenvalue weighted by Crippen LogP contribution is -2.09. The Morgan fingerprint density at radius 2 is 0.614 bits per heavy atom. The van der Waals surface area contributed by atoms with Gasteiger partial charge >= 0.3 is 0 Å². The number of anilines is 6. The molecule has 0 amide bonds. The van der Waals surface area contributed by atoms with Crippen LogP contribution in [-0.4, -0.2) is 0 Å². The Morgan fingerprint density at radius 1 is 0.273 bits per heavy atom. The molecule has 0 bridgehead atoms. The molecule has 7 aromatic rings. The van der Waals surface area contributed by atoms with Crippen LogP contribution in [0.4, 0.5) is 34.1 Å². The highest BCUT2D eigenvalue weighted by Crippen LogP contribution is 2.37. The summed E-state index contributed by atoms with van der Waals surface area (Å²) in [4.78, 5) is 2.78. The van der Waals surface area contributed by atoms with E-state index in [1.807, 2.05) is 18.2 Å². The van der Waals surface area contributed by atoms with E-state index in [0.717, 1.165) is 11.1 Å². The largest absolute Gasteiger partial charge is 0.311 e. The molecule has 0 heterocycles. The lowest BCUT2D eigenvalue weighted by atomic mass is 9.99. The second kappa shape index (κ2) is 12.6. The van der Waals surface area contributed by atoms with Crippen LogP contribution >= 0.6 is 0 Å². The molecule has 0 aliphatic carbocycles. The molecule has 210 valence electrons. The Kier molecular flexibility index (Phi) is 4.44. The maximum Gasteiger partial charge on any atom is 0.0645 e. The molecule has 0 saturated carbocycles. The van der Waals surface area contributed by atoms with Crippen molar-refractivity contribution in [2.45, 2.75) is 0 Å². The van der Waals surface area contributed by atoms with E-state index in [-0.39, 0.29) is 40.4 Å². The van der Waals surface area contributed by atoms with Gasteiger partial charge in [-0.3, -0.25) is 0 Å². The first-order valence-corrected chi connectivity index (χ1v) is 13.8. The summed E-state index contributed by atoms with van der Waals surface area (Å²) in [5.74, 6) is 0. The first kappa shape index (κ1) is 15.6. The van der Waals surface area contributed by atoms with E-state index in [0.29, 0.717) is 16.9 Å². The van der Waals surface area contributed by atoms with Gasteiger partial charge in [0.05, 0.1) is 19.2 Å². The van der Waals surface area contributed by atoms with E-state index in [9.17, 15) is 0 Å². The van der Waals surface area contributed by atoms with Crippen LogP contribution < -0.4 is 9.80 Å². The van der Waals surface area contributed by atoms with Gasteiger partial charge in [0.1, 0.15) is 0 Å². The molecule has 2 nitrogen and oxygen atoms in total. The van der Waals surface area contributed by atoms with Crippen LogP contribution in [0, 0.1) is 0 Å². The Hall–Kier alpha value is -5.86. The normalized spacial score (nSPS) is 15.2. The fourth-order valence-electron chi connectivity index (χ4n) is 4.84. The molecule has 0 atom stereocenters. The zero-order chi connectivity index (χ0) is 41.7. The maximum atomic E-state index is 9.12. The molecule has 0 aliphatic heterocycles. The molecular weight excluding hydrogens is 532 g/mol. The van der Waals surface area contributed by atoms with Crippen molar-refractivity contribution in [1.29, 1.82) is 0 Å². The second-order valence-corrected chi connectivity index (χ2v) is 9.64. The van der Waals surface area contributed by atoms with Gasteiger partial charge in [0.2, 0.25) is 0 Å². The number of hydrogen-bond acceptors (Lipinski definition) is 2. The van der Waals surface area contributed by atoms with Crippen molar-refractivity contribution in [2.24, 2.45) is 0 Å². The molecule has 0 saturated heterocycles. The summed E-state index contributed by atoms with van der Waals surface area (Å²) in [5.41, 5.74) is 2.69. The van der Waals surface area contributed by atoms with E-state index in [1.165, 1.54) is 4.90 Å². The predicted molar refractivity (Wildman–Crippen MR) is 187 cm³/mol. The van der Waals surface area contributed by atoms with Crippen LogP contribution in [0.1, 0.15) is 19.2 Å². The van der Waals surface area contributed by atoms with E-state index < -0.39 is 72.5 Å². The highest BCUT2D eigenvalue weighted by Gasteiger charge is 2.13. The predicted octanol–water partition coefficient (Wildman–Crippen LogP) is 12.0. The van der Waals surface area contributed by atoms with Crippen molar-refractivity contribution in [1.82, 2.24) is 0 Å². The molecule has 0 aromatic heterocycles. The third-order valence-electron chi connectivity index (χ3n) is 6.92. The van der Waals surface area contributed by atoms with Crippen LogP contribution in [0.2, 0.25) is 0 Å². The van der Waals surface area contributed by atoms with Crippen molar-refractivity contribution >= 4 is 34.1 Å². The quantitative estimate of drug-likeness (QED) is 0.177. The monoisotopic (exact) mass is 578 g/mol. The number of para-hydroxylation sites is 4. The molecule has 2 heteroatoms. The minimum Gasteiger partial charge on any atom is -0.311 e. The van der Waals surface area contributed by atoms with Gasteiger partial charge in [0, 0.05) is 34.1 Å². The molecule has 44 heavy (non-hydrogen) atoms. The summed E-state index contributed by atoms with van der Waals surface area (Å²) in [6, 6.07) is 24.4. The molecule has 0 unspecified atom stereocenters. The molecule has 0 fully saturated rings. The lowest BCUT2D eigenvalue weighted by Gasteiger charge is -2.25. The van der Waals surface area contributed by atoms with Crippen LogP contribution in [0.3, 0.4) is 0 Å². The Bertz CT molecular complexity index is 2620. The standard InChI is InChI=1S/C42H32N2/c1-5-13-37(14-6-1)43(38-15-7-2-8-16-38)41-29-25-35(26-30-41)33-21-23-34(24-22-33)36-27-31-42(32-28-36)44(39-17-9-3-10-18-39)40-19-11-4-12-20-40/h1-32H/i1D,3D,5D,6D,9D,10D,13D,14D,17D,18D,25D,26D,29D,30D. The number of benzene rings is 7. The topological polar surface area (TPSA) is 6.48 Å². The Morgan fingerprint density at radius 3 is 1.07 bits per heavy atom. The van der Waals surface area contributed by atoms with Crippen molar-refractivity contribution in [3.8, 4) is 22.3 Å². The van der Waals surface area contributed by atoms with E-state index in [2.05, 4.69) is 0 Å². The van der Waals surface area contributed by atoms with Gasteiger partial charge in [-0.1, -0.05) is 121 Å². The lowest BCUT2D eigenvalue weighted by molar-refractivity contribution is 1.28. The fraction of sp³-hybridized carbons (Fsp3) is 0. The smallest absolute Gasteiger partial charge is 0.0645 e. The summed E-state index contributed by atoms with van der Waals surface area (Å²) < 4.78 is 120. The molecule has 7 rings (SSSR count). The molecular formula is C42H32N2. The third-order valence-corrected chi connectivity index (χ3v) is 6.92. The average Bonchev–Trinajstić information content (AvgIpc) is 3.25. The molecule has 0 aliphatic rings. The zero-order valence-corrected chi connectivity index (χ0v) is 23.3. The molecule has 0 radical (unpaired) electrons. The summed E-state index contributed by atoms with van der Waals surface area (Å²) >= 11 is 0. The second-order valence-electron chi connectivity index (χ2n) is 9.64. The maximum absolute atomic E-state index is 9.12. The van der Waals surface area contributed by atoms with Crippen LogP contribution in [0.15, 0.2) is 194 Å². The van der Waals surface area contributed by atoms with Crippen molar-refractivity contribution in [2.75, 3.05) is 9.80 Å². The van der Waals surface area contributed by atoms with Gasteiger partial charge in [0.25, 0.3) is 0 Å². The minimum atomic E-state index is -0.610. The number of hydrogen-bond donors (Lipinski definition) is 0. The van der Waals surface area contributed by atoms with Crippen LogP contribution in [0.5, 0.6) is 0 Å². The van der Waals surface area contributed by atoms with E-state index in [4.69, 9.17) is 19.2 Å². The minimum absolute atomic E-state index is 0.000412. The average molecular weight is 579 g/mol. The summed E-state index contributed by atoms with van der Waals surface area (Å²) in [5, 5.41) is 0. The van der Waals surface area contributed by atoms with Crippen molar-refractivity contribution in [3.05, 3.63) is 194 Å². The van der Waals surface area contributed by atoms with E-state index >= 15 is 0 Å². The number of nitrogens with zero attached hydrogens (tertiary/aromatic N) is 2. The Labute approximate surface area is 279 Å². The van der Waals surface area contributed by atoms with Gasteiger partial charge in [-0.05, 0) is 94.9 Å². The highest BCUT2D eigenvalue weighted by atomic mass is 15.1. The van der Waals surface area contributed by atoms with Crippen molar-refractivity contribution < 1.29 is 19.2 Å². The molecule has 0 N–H and O–H groups in total. The zero-order valence-electron chi connectivity index (χ0n) is 37.3. The highest BCUT2D eigenvalue weighted by molar-refractivity contribution is 5.80. The van der Waals surface area contributed by atoms with E-state index in [1.54, 1.807) is 95.9 Å². The third kappa shape index (κ3) is 5.74. The first-order chi connectivity index (χ1) is 27.6. The van der Waals surface area contributed by atoms with Crippen LogP contribution in [0.25, 0.3) is 22.3 Å². The Balaban J connectivity index is 1.28. The first-order valence-electron chi connectivity index (χ1n) is 20.8. The SMILES string of the molecule is [2H]c1c([2H])c([2H])c(N(c2ccccc2)c2ccc(-c3ccc(-c4c([2H])c([2H])c(N(c5ccccc5)c5c([2H])c([2H])c([2H])c([2H])c5[2H])c([2H])c4[2H])cc3)cc2)c([2H])c1[2H]. The van der Waals surface area contributed by atoms with Crippen LogP contribution in [-0.2, 0) is 0 Å². The molecule has 7 aromatic carbocycles. The van der Waals surface area contributed by atoms with Gasteiger partial charge in [-0.15, -0.1) is 0 Å². The van der Waals surface area contributed by atoms with Gasteiger partial charge in [0.15, 0.2) is 0 Å². The van der Waals surface area contributed by atoms with Gasteiger partial charge in [-0.2, -0.15) is 0 Å². The summed E-state index contributed by atoms with van der Waals surface area (Å²) in [7, 11) is 0. The fourth-order valence-corrected chi connectivity index (χ4v) is 4.84. The van der Waals surface area contributed by atoms with Crippen molar-refractivity contribution in [3.63, 3.8) is 0 Å². The van der Waals surface area contributed by atoms with Gasteiger partial charge in [-0.25, -0.2) is 0 Å². The molecule has 0 spiro atoms.